The molecule has 0 saturated heterocycles. The highest BCUT2D eigenvalue weighted by atomic mass is 19.1. The minimum Gasteiger partial charge on any atom is -0.336 e. The first kappa shape index (κ1) is 11.6. The number of benzene rings is 1. The van der Waals surface area contributed by atoms with Crippen LogP contribution in [-0.4, -0.2) is 18.5 Å². The second kappa shape index (κ2) is 6.08. The molecule has 0 unspecified atom stereocenters. The average molecular weight is 205 g/mol. The summed E-state index contributed by atoms with van der Waals surface area (Å²) >= 11 is 0. The Morgan fingerprint density at radius 2 is 2.20 bits per heavy atom. The lowest BCUT2D eigenvalue weighted by molar-refractivity contribution is 0.468. The minimum atomic E-state index is -0.158. The fraction of sp³-hybridized carbons (Fsp3) is 0.385. The summed E-state index contributed by atoms with van der Waals surface area (Å²) < 4.78 is 12.8. The third-order valence-corrected chi connectivity index (χ3v) is 2.15. The molecule has 0 aliphatic heterocycles. The Morgan fingerprint density at radius 3 is 2.87 bits per heavy atom. The third kappa shape index (κ3) is 4.51. The molecule has 0 saturated carbocycles. The van der Waals surface area contributed by atoms with E-state index in [2.05, 4.69) is 12.0 Å². The quantitative estimate of drug-likeness (QED) is 0.539. The molecule has 1 aromatic carbocycles. The van der Waals surface area contributed by atoms with Crippen molar-refractivity contribution in [1.29, 1.82) is 0 Å². The van der Waals surface area contributed by atoms with Crippen LogP contribution in [0.25, 0.3) is 0 Å². The number of aryl methyl sites for hydroxylation is 1. The summed E-state index contributed by atoms with van der Waals surface area (Å²) in [6.07, 6.45) is 1.89. The molecule has 1 rings (SSSR count). The maximum Gasteiger partial charge on any atom is 0.123 e. The van der Waals surface area contributed by atoms with Gasteiger partial charge < -0.3 is 4.90 Å². The van der Waals surface area contributed by atoms with Crippen molar-refractivity contribution in [3.05, 3.63) is 35.6 Å². The molecule has 0 atom stereocenters. The second-order valence-corrected chi connectivity index (χ2v) is 3.52. The van der Waals surface area contributed by atoms with Gasteiger partial charge >= 0.3 is 0 Å². The predicted molar refractivity (Wildman–Crippen MR) is 60.8 cm³/mol. The number of hydrogen-bond acceptors (Lipinski definition) is 1. The van der Waals surface area contributed by atoms with E-state index in [-0.39, 0.29) is 5.82 Å². The molecule has 1 aromatic rings. The monoisotopic (exact) mass is 205 g/mol. The van der Waals surface area contributed by atoms with Crippen LogP contribution in [0.15, 0.2) is 24.3 Å². The van der Waals surface area contributed by atoms with Crippen molar-refractivity contribution in [3.63, 3.8) is 0 Å². The van der Waals surface area contributed by atoms with Crippen molar-refractivity contribution in [2.24, 2.45) is 0 Å². The molecule has 0 aromatic heterocycles. The molecule has 15 heavy (non-hydrogen) atoms. The van der Waals surface area contributed by atoms with E-state index in [1.54, 1.807) is 12.1 Å². The van der Waals surface area contributed by atoms with Gasteiger partial charge in [-0.1, -0.05) is 18.1 Å². The summed E-state index contributed by atoms with van der Waals surface area (Å²) in [5, 5.41) is 0. The van der Waals surface area contributed by atoms with Crippen LogP contribution < -0.4 is 0 Å². The van der Waals surface area contributed by atoms with Gasteiger partial charge in [0.1, 0.15) is 5.82 Å². The maximum absolute atomic E-state index is 12.8. The third-order valence-electron chi connectivity index (χ3n) is 2.15. The Labute approximate surface area is 90.9 Å². The molecule has 0 fully saturated rings. The number of rotatable bonds is 4. The van der Waals surface area contributed by atoms with Gasteiger partial charge in [-0.25, -0.2) is 4.39 Å². The second-order valence-electron chi connectivity index (χ2n) is 3.52. The van der Waals surface area contributed by atoms with Gasteiger partial charge in [-0.05, 0) is 37.5 Å². The van der Waals surface area contributed by atoms with Crippen LogP contribution in [0.4, 0.5) is 4.39 Å². The van der Waals surface area contributed by atoms with Gasteiger partial charge in [0.05, 0.1) is 0 Å². The highest BCUT2D eigenvalue weighted by Gasteiger charge is 1.96. The Hall–Kier alpha value is -1.49. The van der Waals surface area contributed by atoms with Crippen LogP contribution in [0, 0.1) is 17.8 Å². The summed E-state index contributed by atoms with van der Waals surface area (Å²) in [5.74, 6) is 2.68. The highest BCUT2D eigenvalue weighted by Crippen LogP contribution is 2.06. The zero-order valence-corrected chi connectivity index (χ0v) is 9.26. The Bertz CT molecular complexity index is 362. The lowest BCUT2D eigenvalue weighted by Crippen LogP contribution is -2.13. The van der Waals surface area contributed by atoms with E-state index in [0.29, 0.717) is 0 Å². The smallest absolute Gasteiger partial charge is 0.123 e. The van der Waals surface area contributed by atoms with E-state index in [1.165, 1.54) is 6.07 Å². The molecule has 1 nitrogen and oxygen atoms in total. The Balaban J connectivity index is 2.34. The molecule has 0 aliphatic carbocycles. The molecule has 2 heteroatoms. The van der Waals surface area contributed by atoms with E-state index in [0.717, 1.165) is 24.9 Å². The molecule has 0 N–H and O–H groups in total. The van der Waals surface area contributed by atoms with Crippen LogP contribution in [0.5, 0.6) is 0 Å². The van der Waals surface area contributed by atoms with E-state index in [4.69, 9.17) is 0 Å². The Kier molecular flexibility index (Phi) is 4.70. The van der Waals surface area contributed by atoms with Gasteiger partial charge in [-0.3, -0.25) is 0 Å². The minimum absolute atomic E-state index is 0.158. The van der Waals surface area contributed by atoms with E-state index < -0.39 is 0 Å². The van der Waals surface area contributed by atoms with Crippen molar-refractivity contribution < 1.29 is 4.39 Å². The topological polar surface area (TPSA) is 3.24 Å². The van der Waals surface area contributed by atoms with E-state index >= 15 is 0 Å². The zero-order valence-electron chi connectivity index (χ0n) is 9.26. The Morgan fingerprint density at radius 1 is 1.40 bits per heavy atom. The van der Waals surface area contributed by atoms with Crippen molar-refractivity contribution in [2.45, 2.75) is 19.8 Å². The molecule has 0 bridgehead atoms. The maximum atomic E-state index is 12.8. The van der Waals surface area contributed by atoms with Crippen molar-refractivity contribution in [2.75, 3.05) is 13.6 Å². The normalized spacial score (nSPS) is 9.27. The largest absolute Gasteiger partial charge is 0.336 e. The first-order chi connectivity index (χ1) is 7.22. The van der Waals surface area contributed by atoms with Crippen LogP contribution in [0.3, 0.4) is 0 Å². The first-order valence-corrected chi connectivity index (χ1v) is 5.10. The summed E-state index contributed by atoms with van der Waals surface area (Å²) in [7, 11) is 1.96. The van der Waals surface area contributed by atoms with Gasteiger partial charge in [0.15, 0.2) is 0 Å². The lowest BCUT2D eigenvalue weighted by atomic mass is 10.1. The van der Waals surface area contributed by atoms with Crippen LogP contribution >= 0.6 is 0 Å². The molecule has 0 aliphatic rings. The van der Waals surface area contributed by atoms with E-state index in [1.807, 2.05) is 24.9 Å². The van der Waals surface area contributed by atoms with Gasteiger partial charge in [0, 0.05) is 19.6 Å². The summed E-state index contributed by atoms with van der Waals surface area (Å²) in [4.78, 5) is 1.96. The van der Waals surface area contributed by atoms with Crippen molar-refractivity contribution in [1.82, 2.24) is 4.90 Å². The standard InChI is InChI=1S/C13H16FN/c1-3-9-15(2)10-5-7-12-6-4-8-13(14)11-12/h4,6,8,11H,5,7,10H2,1-2H3. The van der Waals surface area contributed by atoms with Crippen molar-refractivity contribution >= 4 is 0 Å². The average Bonchev–Trinajstić information content (AvgIpc) is 2.18. The summed E-state index contributed by atoms with van der Waals surface area (Å²) in [6, 6.07) is 9.71. The van der Waals surface area contributed by atoms with Gasteiger partial charge in [-0.15, -0.1) is 0 Å². The molecule has 0 spiro atoms. The zero-order chi connectivity index (χ0) is 11.1. The van der Waals surface area contributed by atoms with Crippen LogP contribution in [0.2, 0.25) is 0 Å². The highest BCUT2D eigenvalue weighted by molar-refractivity contribution is 5.16. The van der Waals surface area contributed by atoms with Gasteiger partial charge in [-0.2, -0.15) is 0 Å². The molecule has 0 radical (unpaired) electrons. The number of nitrogens with zero attached hydrogens (tertiary/aromatic N) is 1. The van der Waals surface area contributed by atoms with Crippen molar-refractivity contribution in [3.8, 4) is 12.0 Å². The first-order valence-electron chi connectivity index (χ1n) is 5.10. The summed E-state index contributed by atoms with van der Waals surface area (Å²) in [6.45, 7) is 2.74. The van der Waals surface area contributed by atoms with E-state index in [9.17, 15) is 4.39 Å². The number of halogens is 1. The van der Waals surface area contributed by atoms with Crippen LogP contribution in [0.1, 0.15) is 18.9 Å². The molecule has 0 amide bonds. The molecular weight excluding hydrogens is 189 g/mol. The van der Waals surface area contributed by atoms with Crippen LogP contribution in [-0.2, 0) is 6.42 Å². The fourth-order valence-corrected chi connectivity index (χ4v) is 1.46. The predicted octanol–water partition coefficient (Wildman–Crippen LogP) is 2.67. The lowest BCUT2D eigenvalue weighted by Gasteiger charge is -2.10. The molecule has 80 valence electrons. The van der Waals surface area contributed by atoms with Gasteiger partial charge in [0.2, 0.25) is 0 Å². The molecular formula is C13H16FN. The number of hydrogen-bond donors (Lipinski definition) is 0. The fourth-order valence-electron chi connectivity index (χ4n) is 1.46. The van der Waals surface area contributed by atoms with Gasteiger partial charge in [0.25, 0.3) is 0 Å². The SMILES string of the molecule is CC#CN(C)CCCc1cccc(F)c1. The molecule has 0 heterocycles. The summed E-state index contributed by atoms with van der Waals surface area (Å²) in [5.41, 5.74) is 1.05.